The van der Waals surface area contributed by atoms with Gasteiger partial charge in [-0.2, -0.15) is 0 Å². The van der Waals surface area contributed by atoms with E-state index < -0.39 is 6.03 Å². The standard InChI is InChI=1S/C13H14N4O2/c14-13(19)17-8-12(18)16-7-9-3-4-11-10(6-9)2-1-5-15-11/h1-6H,7-8H2,(H,16,18)(H3,14,17,19). The van der Waals surface area contributed by atoms with Crippen molar-refractivity contribution in [2.24, 2.45) is 5.73 Å². The van der Waals surface area contributed by atoms with Crippen molar-refractivity contribution in [3.8, 4) is 0 Å². The van der Waals surface area contributed by atoms with E-state index in [2.05, 4.69) is 15.6 Å². The van der Waals surface area contributed by atoms with Gasteiger partial charge in [0.15, 0.2) is 0 Å². The maximum absolute atomic E-state index is 11.4. The third kappa shape index (κ3) is 3.67. The van der Waals surface area contributed by atoms with Crippen LogP contribution >= 0.6 is 0 Å². The molecule has 0 fully saturated rings. The van der Waals surface area contributed by atoms with Crippen LogP contribution in [0.5, 0.6) is 0 Å². The minimum absolute atomic E-state index is 0.121. The zero-order chi connectivity index (χ0) is 13.7. The number of urea groups is 1. The van der Waals surface area contributed by atoms with E-state index in [1.54, 1.807) is 6.20 Å². The predicted octanol–water partition coefficient (Wildman–Crippen LogP) is 0.519. The van der Waals surface area contributed by atoms with Crippen LogP contribution in [0, 0.1) is 0 Å². The van der Waals surface area contributed by atoms with Gasteiger partial charge in [0.05, 0.1) is 12.1 Å². The highest BCUT2D eigenvalue weighted by Gasteiger charge is 2.03. The molecule has 0 atom stereocenters. The number of pyridine rings is 1. The molecule has 1 heterocycles. The average molecular weight is 258 g/mol. The summed E-state index contributed by atoms with van der Waals surface area (Å²) in [5.41, 5.74) is 6.75. The van der Waals surface area contributed by atoms with E-state index in [-0.39, 0.29) is 12.5 Å². The van der Waals surface area contributed by atoms with Gasteiger partial charge in [0.25, 0.3) is 0 Å². The number of nitrogens with one attached hydrogen (secondary N) is 2. The highest BCUT2D eigenvalue weighted by molar-refractivity contribution is 5.83. The third-order valence-electron chi connectivity index (χ3n) is 2.58. The summed E-state index contributed by atoms with van der Waals surface area (Å²) in [4.78, 5) is 26.1. The molecule has 0 aliphatic heterocycles. The van der Waals surface area contributed by atoms with Crippen LogP contribution in [0.2, 0.25) is 0 Å². The molecule has 0 radical (unpaired) electrons. The van der Waals surface area contributed by atoms with Gasteiger partial charge in [-0.05, 0) is 23.8 Å². The quantitative estimate of drug-likeness (QED) is 0.745. The molecule has 98 valence electrons. The van der Waals surface area contributed by atoms with Crippen molar-refractivity contribution in [1.82, 2.24) is 15.6 Å². The molecule has 1 aromatic carbocycles. The molecule has 2 rings (SSSR count). The summed E-state index contributed by atoms with van der Waals surface area (Å²) in [6.07, 6.45) is 1.74. The first-order valence-electron chi connectivity index (χ1n) is 5.79. The monoisotopic (exact) mass is 258 g/mol. The Morgan fingerprint density at radius 3 is 2.84 bits per heavy atom. The van der Waals surface area contributed by atoms with Crippen LogP contribution in [0.15, 0.2) is 36.5 Å². The van der Waals surface area contributed by atoms with Gasteiger partial charge in [-0.1, -0.05) is 12.1 Å². The van der Waals surface area contributed by atoms with Crippen LogP contribution in [0.25, 0.3) is 10.9 Å². The highest BCUT2D eigenvalue weighted by Crippen LogP contribution is 2.12. The van der Waals surface area contributed by atoms with Gasteiger partial charge < -0.3 is 16.4 Å². The zero-order valence-corrected chi connectivity index (χ0v) is 10.2. The zero-order valence-electron chi connectivity index (χ0n) is 10.2. The summed E-state index contributed by atoms with van der Waals surface area (Å²) in [5.74, 6) is -0.287. The lowest BCUT2D eigenvalue weighted by Gasteiger charge is -2.06. The Kier molecular flexibility index (Phi) is 3.92. The molecule has 19 heavy (non-hydrogen) atoms. The number of primary amides is 1. The maximum Gasteiger partial charge on any atom is 0.312 e. The molecule has 6 nitrogen and oxygen atoms in total. The van der Waals surface area contributed by atoms with Gasteiger partial charge in [-0.3, -0.25) is 9.78 Å². The highest BCUT2D eigenvalue weighted by atomic mass is 16.2. The maximum atomic E-state index is 11.4. The number of hydrogen-bond acceptors (Lipinski definition) is 3. The smallest absolute Gasteiger partial charge is 0.312 e. The van der Waals surface area contributed by atoms with E-state index >= 15 is 0 Å². The second kappa shape index (κ2) is 5.81. The Labute approximate surface area is 110 Å². The molecule has 6 heteroatoms. The number of benzene rings is 1. The fourth-order valence-electron chi connectivity index (χ4n) is 1.67. The first-order valence-corrected chi connectivity index (χ1v) is 5.79. The Hall–Kier alpha value is -2.63. The molecule has 0 saturated carbocycles. The summed E-state index contributed by atoms with van der Waals surface area (Å²) in [6, 6.07) is 8.87. The first-order chi connectivity index (χ1) is 9.15. The average Bonchev–Trinajstić information content (AvgIpc) is 2.42. The van der Waals surface area contributed by atoms with E-state index in [0.29, 0.717) is 6.54 Å². The van der Waals surface area contributed by atoms with Crippen molar-refractivity contribution in [2.45, 2.75) is 6.54 Å². The third-order valence-corrected chi connectivity index (χ3v) is 2.58. The first kappa shape index (κ1) is 12.8. The van der Waals surface area contributed by atoms with Gasteiger partial charge in [0.2, 0.25) is 5.91 Å². The molecule has 1 aromatic heterocycles. The van der Waals surface area contributed by atoms with Crippen LogP contribution in [-0.2, 0) is 11.3 Å². The Morgan fingerprint density at radius 2 is 2.05 bits per heavy atom. The summed E-state index contributed by atoms with van der Waals surface area (Å²) >= 11 is 0. The molecule has 0 spiro atoms. The molecule has 0 unspecified atom stereocenters. The second-order valence-corrected chi connectivity index (χ2v) is 4.02. The Balaban J connectivity index is 1.94. The van der Waals surface area contributed by atoms with Crippen molar-refractivity contribution in [3.05, 3.63) is 42.1 Å². The summed E-state index contributed by atoms with van der Waals surface area (Å²) in [5, 5.41) is 5.94. The van der Waals surface area contributed by atoms with Crippen molar-refractivity contribution in [1.29, 1.82) is 0 Å². The van der Waals surface area contributed by atoms with E-state index in [0.717, 1.165) is 16.5 Å². The number of hydrogen-bond donors (Lipinski definition) is 3. The predicted molar refractivity (Wildman–Crippen MR) is 71.2 cm³/mol. The number of nitrogens with two attached hydrogens (primary N) is 1. The van der Waals surface area contributed by atoms with Gasteiger partial charge in [0.1, 0.15) is 0 Å². The van der Waals surface area contributed by atoms with Crippen molar-refractivity contribution in [2.75, 3.05) is 6.54 Å². The second-order valence-electron chi connectivity index (χ2n) is 4.02. The largest absolute Gasteiger partial charge is 0.352 e. The molecular formula is C13H14N4O2. The SMILES string of the molecule is NC(=O)NCC(=O)NCc1ccc2ncccc2c1. The molecule has 4 N–H and O–H groups in total. The van der Waals surface area contributed by atoms with Crippen LogP contribution < -0.4 is 16.4 Å². The van der Waals surface area contributed by atoms with Gasteiger partial charge in [0, 0.05) is 18.1 Å². The van der Waals surface area contributed by atoms with E-state index in [9.17, 15) is 9.59 Å². The van der Waals surface area contributed by atoms with E-state index in [4.69, 9.17) is 5.73 Å². The Morgan fingerprint density at radius 1 is 1.21 bits per heavy atom. The number of aromatic nitrogens is 1. The minimum atomic E-state index is -0.716. The molecule has 3 amide bonds. The van der Waals surface area contributed by atoms with Gasteiger partial charge in [-0.25, -0.2) is 4.79 Å². The molecule has 0 bridgehead atoms. The molecule has 0 aliphatic rings. The molecule has 0 saturated heterocycles. The fraction of sp³-hybridized carbons (Fsp3) is 0.154. The van der Waals surface area contributed by atoms with Gasteiger partial charge >= 0.3 is 6.03 Å². The number of fused-ring (bicyclic) bond motifs is 1. The summed E-state index contributed by atoms with van der Waals surface area (Å²) < 4.78 is 0. The topological polar surface area (TPSA) is 97.1 Å². The lowest BCUT2D eigenvalue weighted by molar-refractivity contribution is -0.120. The molecule has 2 aromatic rings. The fourth-order valence-corrected chi connectivity index (χ4v) is 1.67. The number of nitrogens with zero attached hydrogens (tertiary/aromatic N) is 1. The van der Waals surface area contributed by atoms with Crippen LogP contribution in [0.1, 0.15) is 5.56 Å². The van der Waals surface area contributed by atoms with Gasteiger partial charge in [-0.15, -0.1) is 0 Å². The van der Waals surface area contributed by atoms with Crippen molar-refractivity contribution < 1.29 is 9.59 Å². The van der Waals surface area contributed by atoms with Crippen LogP contribution in [-0.4, -0.2) is 23.5 Å². The lowest BCUT2D eigenvalue weighted by atomic mass is 10.1. The summed E-state index contributed by atoms with van der Waals surface area (Å²) in [6.45, 7) is 0.272. The van der Waals surface area contributed by atoms with Crippen LogP contribution in [0.3, 0.4) is 0 Å². The van der Waals surface area contributed by atoms with E-state index in [1.165, 1.54) is 0 Å². The molecule has 0 aliphatic carbocycles. The van der Waals surface area contributed by atoms with E-state index in [1.807, 2.05) is 30.3 Å². The number of rotatable bonds is 4. The summed E-state index contributed by atoms with van der Waals surface area (Å²) in [7, 11) is 0. The normalized spacial score (nSPS) is 10.1. The number of carbonyl (C=O) groups is 2. The molecular weight excluding hydrogens is 244 g/mol. The van der Waals surface area contributed by atoms with Crippen molar-refractivity contribution >= 4 is 22.8 Å². The number of amides is 3. The Bertz CT molecular complexity index is 612. The van der Waals surface area contributed by atoms with Crippen molar-refractivity contribution in [3.63, 3.8) is 0 Å². The number of carbonyl (C=O) groups excluding carboxylic acids is 2. The van der Waals surface area contributed by atoms with Crippen LogP contribution in [0.4, 0.5) is 4.79 Å². The lowest BCUT2D eigenvalue weighted by Crippen LogP contribution is -2.39. The minimum Gasteiger partial charge on any atom is -0.352 e.